The normalized spacial score (nSPS) is 10.8. The summed E-state index contributed by atoms with van der Waals surface area (Å²) in [6, 6.07) is 22.0. The Hall–Kier alpha value is -3.32. The Morgan fingerprint density at radius 1 is 0.833 bits per heavy atom. The van der Waals surface area contributed by atoms with Crippen LogP contribution in [0, 0.1) is 5.82 Å². The largest absolute Gasteiger partial charge is 0.497 e. The summed E-state index contributed by atoms with van der Waals surface area (Å²) >= 11 is 1.53. The molecule has 0 atom stereocenters. The smallest absolute Gasteiger partial charge is 0.196 e. The van der Waals surface area contributed by atoms with E-state index in [4.69, 9.17) is 9.47 Å². The Morgan fingerprint density at radius 2 is 1.47 bits per heavy atom. The van der Waals surface area contributed by atoms with Crippen LogP contribution in [0.3, 0.4) is 0 Å². The van der Waals surface area contributed by atoms with E-state index >= 15 is 0 Å². The summed E-state index contributed by atoms with van der Waals surface area (Å²) in [5, 5.41) is 9.34. The van der Waals surface area contributed by atoms with Gasteiger partial charge in [-0.3, -0.25) is 4.57 Å². The highest BCUT2D eigenvalue weighted by atomic mass is 32.2. The third-order valence-corrected chi connectivity index (χ3v) is 5.61. The molecule has 152 valence electrons. The van der Waals surface area contributed by atoms with Crippen LogP contribution < -0.4 is 9.47 Å². The van der Waals surface area contributed by atoms with E-state index < -0.39 is 0 Å². The van der Waals surface area contributed by atoms with Crippen LogP contribution in [-0.2, 0) is 5.75 Å². The summed E-state index contributed by atoms with van der Waals surface area (Å²) in [6.07, 6.45) is 0. The van der Waals surface area contributed by atoms with E-state index in [0.717, 1.165) is 22.7 Å². The van der Waals surface area contributed by atoms with Gasteiger partial charge in [0.1, 0.15) is 17.3 Å². The highest BCUT2D eigenvalue weighted by Crippen LogP contribution is 2.31. The SMILES string of the molecule is COc1ccc(CSc2nnc(-c3ccccc3F)n2-c2ccc(OC)cc2)cc1. The molecule has 30 heavy (non-hydrogen) atoms. The van der Waals surface area contributed by atoms with Crippen LogP contribution in [0.25, 0.3) is 17.1 Å². The molecule has 0 N–H and O–H groups in total. The van der Waals surface area contributed by atoms with Gasteiger partial charge in [-0.2, -0.15) is 0 Å². The molecule has 0 amide bonds. The molecule has 0 aliphatic rings. The highest BCUT2D eigenvalue weighted by Gasteiger charge is 2.18. The maximum Gasteiger partial charge on any atom is 0.196 e. The van der Waals surface area contributed by atoms with Gasteiger partial charge in [0.15, 0.2) is 11.0 Å². The Kier molecular flexibility index (Phi) is 5.99. The van der Waals surface area contributed by atoms with Crippen molar-refractivity contribution in [2.75, 3.05) is 14.2 Å². The van der Waals surface area contributed by atoms with E-state index in [-0.39, 0.29) is 5.82 Å². The van der Waals surface area contributed by atoms with Crippen LogP contribution >= 0.6 is 11.8 Å². The van der Waals surface area contributed by atoms with Crippen molar-refractivity contribution >= 4 is 11.8 Å². The maximum absolute atomic E-state index is 14.5. The van der Waals surface area contributed by atoms with Gasteiger partial charge >= 0.3 is 0 Å². The predicted octanol–water partition coefficient (Wildman–Crippen LogP) is 5.38. The standard InChI is InChI=1S/C23H20FN3O2S/c1-28-18-11-7-16(8-12-18)15-30-23-26-25-22(20-5-3-4-6-21(20)24)27(23)17-9-13-19(29-2)14-10-17/h3-14H,15H2,1-2H3. The Morgan fingerprint density at radius 3 is 2.10 bits per heavy atom. The summed E-state index contributed by atoms with van der Waals surface area (Å²) in [6.45, 7) is 0. The first kappa shape index (κ1) is 20.0. The van der Waals surface area contributed by atoms with Gasteiger partial charge in [-0.1, -0.05) is 36.0 Å². The molecule has 7 heteroatoms. The fourth-order valence-corrected chi connectivity index (χ4v) is 3.92. The zero-order valence-corrected chi connectivity index (χ0v) is 17.4. The fraction of sp³-hybridized carbons (Fsp3) is 0.130. The number of aromatic nitrogens is 3. The molecule has 0 spiro atoms. The molecule has 1 heterocycles. The molecule has 0 bridgehead atoms. The van der Waals surface area contributed by atoms with E-state index in [1.807, 2.05) is 53.1 Å². The molecule has 0 saturated carbocycles. The minimum Gasteiger partial charge on any atom is -0.497 e. The summed E-state index contributed by atoms with van der Waals surface area (Å²) in [5.41, 5.74) is 2.35. The predicted molar refractivity (Wildman–Crippen MR) is 116 cm³/mol. The van der Waals surface area contributed by atoms with E-state index in [2.05, 4.69) is 10.2 Å². The van der Waals surface area contributed by atoms with Crippen molar-refractivity contribution in [3.8, 4) is 28.6 Å². The molecular weight excluding hydrogens is 401 g/mol. The molecule has 4 rings (SSSR count). The van der Waals surface area contributed by atoms with Crippen LogP contribution in [0.4, 0.5) is 4.39 Å². The van der Waals surface area contributed by atoms with E-state index in [1.54, 1.807) is 32.4 Å². The second kappa shape index (κ2) is 9.00. The van der Waals surface area contributed by atoms with Gasteiger partial charge in [0.2, 0.25) is 0 Å². The lowest BCUT2D eigenvalue weighted by molar-refractivity contribution is 0.414. The van der Waals surface area contributed by atoms with Crippen molar-refractivity contribution in [3.05, 3.63) is 84.2 Å². The molecule has 0 aliphatic carbocycles. The summed E-state index contributed by atoms with van der Waals surface area (Å²) in [5.74, 6) is 2.36. The van der Waals surface area contributed by atoms with Crippen molar-refractivity contribution in [2.45, 2.75) is 10.9 Å². The number of halogens is 1. The minimum atomic E-state index is -0.341. The van der Waals surface area contributed by atoms with Crippen molar-refractivity contribution in [1.82, 2.24) is 14.8 Å². The number of thioether (sulfide) groups is 1. The van der Waals surface area contributed by atoms with Crippen molar-refractivity contribution in [2.24, 2.45) is 0 Å². The summed E-state index contributed by atoms with van der Waals surface area (Å²) in [4.78, 5) is 0. The quantitative estimate of drug-likeness (QED) is 0.375. The van der Waals surface area contributed by atoms with Crippen LogP contribution in [0.15, 0.2) is 78.0 Å². The number of benzene rings is 3. The van der Waals surface area contributed by atoms with Crippen molar-refractivity contribution in [1.29, 1.82) is 0 Å². The van der Waals surface area contributed by atoms with E-state index in [9.17, 15) is 4.39 Å². The summed E-state index contributed by atoms with van der Waals surface area (Å²) in [7, 11) is 3.26. The second-order valence-electron chi connectivity index (χ2n) is 6.46. The lowest BCUT2D eigenvalue weighted by Crippen LogP contribution is -2.01. The van der Waals surface area contributed by atoms with Gasteiger partial charge in [0.25, 0.3) is 0 Å². The average Bonchev–Trinajstić information content (AvgIpc) is 3.22. The molecule has 0 fully saturated rings. The topological polar surface area (TPSA) is 49.2 Å². The maximum atomic E-state index is 14.5. The van der Waals surface area contributed by atoms with Crippen LogP contribution in [0.1, 0.15) is 5.56 Å². The van der Waals surface area contributed by atoms with Gasteiger partial charge in [-0.25, -0.2) is 4.39 Å². The Labute approximate surface area is 178 Å². The number of nitrogens with zero attached hydrogens (tertiary/aromatic N) is 3. The number of hydrogen-bond donors (Lipinski definition) is 0. The number of methoxy groups -OCH3 is 2. The zero-order chi connectivity index (χ0) is 20.9. The van der Waals surface area contributed by atoms with Crippen molar-refractivity contribution < 1.29 is 13.9 Å². The number of hydrogen-bond acceptors (Lipinski definition) is 5. The number of rotatable bonds is 7. The average molecular weight is 421 g/mol. The first-order valence-corrected chi connectivity index (χ1v) is 10.3. The van der Waals surface area contributed by atoms with Gasteiger partial charge in [-0.15, -0.1) is 10.2 Å². The highest BCUT2D eigenvalue weighted by molar-refractivity contribution is 7.98. The van der Waals surface area contributed by atoms with Crippen LogP contribution in [0.2, 0.25) is 0 Å². The molecule has 5 nitrogen and oxygen atoms in total. The fourth-order valence-electron chi connectivity index (χ4n) is 3.01. The monoisotopic (exact) mass is 421 g/mol. The first-order valence-electron chi connectivity index (χ1n) is 9.30. The van der Waals surface area contributed by atoms with E-state index in [1.165, 1.54) is 17.8 Å². The molecule has 0 radical (unpaired) electrons. The van der Waals surface area contributed by atoms with Crippen LogP contribution in [-0.4, -0.2) is 29.0 Å². The Balaban J connectivity index is 1.71. The summed E-state index contributed by atoms with van der Waals surface area (Å²) < 4.78 is 26.8. The molecule has 0 unspecified atom stereocenters. The van der Waals surface area contributed by atoms with Crippen LogP contribution in [0.5, 0.6) is 11.5 Å². The third-order valence-electron chi connectivity index (χ3n) is 4.61. The molecule has 3 aromatic carbocycles. The Bertz CT molecular complexity index is 1130. The zero-order valence-electron chi connectivity index (χ0n) is 16.6. The molecule has 0 saturated heterocycles. The van der Waals surface area contributed by atoms with Gasteiger partial charge in [-0.05, 0) is 54.1 Å². The van der Waals surface area contributed by atoms with E-state index in [0.29, 0.717) is 22.3 Å². The molecule has 1 aromatic heterocycles. The van der Waals surface area contributed by atoms with Gasteiger partial charge in [0, 0.05) is 5.75 Å². The van der Waals surface area contributed by atoms with Crippen molar-refractivity contribution in [3.63, 3.8) is 0 Å². The lowest BCUT2D eigenvalue weighted by atomic mass is 10.2. The first-order chi connectivity index (χ1) is 14.7. The van der Waals surface area contributed by atoms with Gasteiger partial charge in [0.05, 0.1) is 25.5 Å². The molecule has 4 aromatic rings. The number of ether oxygens (including phenoxy) is 2. The van der Waals surface area contributed by atoms with Gasteiger partial charge < -0.3 is 9.47 Å². The molecular formula is C23H20FN3O2S. The lowest BCUT2D eigenvalue weighted by Gasteiger charge is -2.11. The minimum absolute atomic E-state index is 0.341. The third kappa shape index (κ3) is 4.16. The molecule has 0 aliphatic heterocycles. The second-order valence-corrected chi connectivity index (χ2v) is 7.40.